The molecule has 0 aromatic heterocycles. The molecule has 16 heavy (non-hydrogen) atoms. The summed E-state index contributed by atoms with van der Waals surface area (Å²) >= 11 is 18.1. The minimum atomic E-state index is 0.0478. The third kappa shape index (κ3) is 4.53. The molecule has 90 valence electrons. The monoisotopic (exact) mass is 278 g/mol. The predicted molar refractivity (Wildman–Crippen MR) is 73.8 cm³/mol. The first-order chi connectivity index (χ1) is 7.65. The summed E-state index contributed by atoms with van der Waals surface area (Å²) in [5.74, 6) is 0. The fourth-order valence-corrected chi connectivity index (χ4v) is 2.22. The van der Waals surface area contributed by atoms with E-state index in [1.54, 1.807) is 6.07 Å². The lowest BCUT2D eigenvalue weighted by Gasteiger charge is -2.10. The maximum atomic E-state index is 6.31. The van der Waals surface area contributed by atoms with Gasteiger partial charge in [0, 0.05) is 0 Å². The molecule has 0 fully saturated rings. The minimum absolute atomic E-state index is 0.0478. The maximum Gasteiger partial charge on any atom is 0.0595 e. The molecule has 0 aliphatic heterocycles. The highest BCUT2D eigenvalue weighted by Gasteiger charge is 2.09. The fraction of sp³-hybridized carbons (Fsp3) is 0.538. The van der Waals surface area contributed by atoms with E-state index in [9.17, 15) is 0 Å². The van der Waals surface area contributed by atoms with E-state index in [0.29, 0.717) is 10.0 Å². The Bertz CT molecular complexity index is 323. The summed E-state index contributed by atoms with van der Waals surface area (Å²) < 4.78 is 0. The van der Waals surface area contributed by atoms with Gasteiger partial charge >= 0.3 is 0 Å². The van der Waals surface area contributed by atoms with Crippen LogP contribution in [0.3, 0.4) is 0 Å². The highest BCUT2D eigenvalue weighted by Crippen LogP contribution is 2.31. The lowest BCUT2D eigenvalue weighted by molar-refractivity contribution is 0.624. The first-order valence-corrected chi connectivity index (χ1v) is 6.93. The van der Waals surface area contributed by atoms with Crippen LogP contribution in [0.4, 0.5) is 0 Å². The molecule has 0 nitrogen and oxygen atoms in total. The van der Waals surface area contributed by atoms with Gasteiger partial charge in [-0.15, -0.1) is 11.6 Å². The average Bonchev–Trinajstić information content (AvgIpc) is 2.28. The van der Waals surface area contributed by atoms with Gasteiger partial charge in [-0.1, -0.05) is 61.9 Å². The normalized spacial score (nSPS) is 12.8. The van der Waals surface area contributed by atoms with Crippen LogP contribution in [0, 0.1) is 0 Å². The Morgan fingerprint density at radius 3 is 2.44 bits per heavy atom. The van der Waals surface area contributed by atoms with Crippen LogP contribution in [0.1, 0.15) is 50.0 Å². The molecular weight excluding hydrogens is 263 g/mol. The van der Waals surface area contributed by atoms with Crippen molar-refractivity contribution in [1.29, 1.82) is 0 Å². The Morgan fingerprint density at radius 1 is 1.06 bits per heavy atom. The number of rotatable bonds is 6. The standard InChI is InChI=1S/C13H17Cl3/c1-2-3-4-5-6-11(14)10-7-8-12(15)13(16)9-10/h7-9,11H,2-6H2,1H3. The van der Waals surface area contributed by atoms with Crippen LogP contribution in [0.25, 0.3) is 0 Å². The van der Waals surface area contributed by atoms with Gasteiger partial charge in [0.2, 0.25) is 0 Å². The van der Waals surface area contributed by atoms with E-state index in [1.165, 1.54) is 25.7 Å². The van der Waals surface area contributed by atoms with Gasteiger partial charge in [0.15, 0.2) is 0 Å². The Morgan fingerprint density at radius 2 is 1.81 bits per heavy atom. The second-order valence-corrected chi connectivity index (χ2v) is 5.33. The third-order valence-electron chi connectivity index (χ3n) is 2.62. The average molecular weight is 280 g/mol. The van der Waals surface area contributed by atoms with Crippen LogP contribution in [-0.2, 0) is 0 Å². The van der Waals surface area contributed by atoms with Crippen molar-refractivity contribution in [1.82, 2.24) is 0 Å². The molecular formula is C13H17Cl3. The Hall–Kier alpha value is 0.0900. The SMILES string of the molecule is CCCCCCC(Cl)c1ccc(Cl)c(Cl)c1. The van der Waals surface area contributed by atoms with Crippen molar-refractivity contribution in [2.24, 2.45) is 0 Å². The Kier molecular flexibility index (Phi) is 6.57. The first-order valence-electron chi connectivity index (χ1n) is 5.74. The summed E-state index contributed by atoms with van der Waals surface area (Å²) in [5, 5.41) is 1.21. The molecule has 0 N–H and O–H groups in total. The van der Waals surface area contributed by atoms with Crippen LogP contribution in [0.2, 0.25) is 10.0 Å². The zero-order chi connectivity index (χ0) is 12.0. The molecule has 1 rings (SSSR count). The minimum Gasteiger partial charge on any atom is -0.118 e. The van der Waals surface area contributed by atoms with Crippen LogP contribution < -0.4 is 0 Å². The van der Waals surface area contributed by atoms with Crippen molar-refractivity contribution < 1.29 is 0 Å². The quantitative estimate of drug-likeness (QED) is 0.427. The van der Waals surface area contributed by atoms with Crippen molar-refractivity contribution >= 4 is 34.8 Å². The number of hydrogen-bond acceptors (Lipinski definition) is 0. The zero-order valence-corrected chi connectivity index (χ0v) is 11.7. The van der Waals surface area contributed by atoms with Crippen molar-refractivity contribution in [2.45, 2.75) is 44.4 Å². The molecule has 1 unspecified atom stereocenters. The number of hydrogen-bond donors (Lipinski definition) is 0. The van der Waals surface area contributed by atoms with Crippen LogP contribution in [0.5, 0.6) is 0 Å². The lowest BCUT2D eigenvalue weighted by atomic mass is 10.1. The van der Waals surface area contributed by atoms with Gasteiger partial charge in [0.25, 0.3) is 0 Å². The van der Waals surface area contributed by atoms with E-state index in [1.807, 2.05) is 12.1 Å². The Labute approximate surface area is 113 Å². The fourth-order valence-electron chi connectivity index (χ4n) is 1.62. The summed E-state index contributed by atoms with van der Waals surface area (Å²) in [6.45, 7) is 2.21. The summed E-state index contributed by atoms with van der Waals surface area (Å²) in [4.78, 5) is 0. The number of halogens is 3. The lowest BCUT2D eigenvalue weighted by Crippen LogP contribution is -1.91. The molecule has 0 spiro atoms. The van der Waals surface area contributed by atoms with Crippen molar-refractivity contribution in [3.63, 3.8) is 0 Å². The molecule has 1 atom stereocenters. The van der Waals surface area contributed by atoms with Crippen LogP contribution >= 0.6 is 34.8 Å². The second-order valence-electron chi connectivity index (χ2n) is 3.99. The van der Waals surface area contributed by atoms with E-state index in [-0.39, 0.29) is 5.38 Å². The Balaban J connectivity index is 2.46. The van der Waals surface area contributed by atoms with Gasteiger partial charge in [-0.3, -0.25) is 0 Å². The molecule has 0 saturated carbocycles. The molecule has 3 heteroatoms. The largest absolute Gasteiger partial charge is 0.118 e. The maximum absolute atomic E-state index is 6.31. The van der Waals surface area contributed by atoms with E-state index in [0.717, 1.165) is 12.0 Å². The van der Waals surface area contributed by atoms with Gasteiger partial charge in [-0.05, 0) is 24.1 Å². The van der Waals surface area contributed by atoms with Gasteiger partial charge < -0.3 is 0 Å². The predicted octanol–water partition coefficient (Wildman–Crippen LogP) is 6.24. The molecule has 0 heterocycles. The van der Waals surface area contributed by atoms with Crippen molar-refractivity contribution in [2.75, 3.05) is 0 Å². The molecule has 0 bridgehead atoms. The molecule has 0 saturated heterocycles. The van der Waals surface area contributed by atoms with E-state index < -0.39 is 0 Å². The summed E-state index contributed by atoms with van der Waals surface area (Å²) in [5.41, 5.74) is 1.06. The highest BCUT2D eigenvalue weighted by molar-refractivity contribution is 6.42. The number of unbranched alkanes of at least 4 members (excludes halogenated alkanes) is 3. The summed E-state index contributed by atoms with van der Waals surface area (Å²) in [7, 11) is 0. The van der Waals surface area contributed by atoms with Gasteiger partial charge in [-0.25, -0.2) is 0 Å². The number of benzene rings is 1. The van der Waals surface area contributed by atoms with Crippen molar-refractivity contribution in [3.05, 3.63) is 33.8 Å². The van der Waals surface area contributed by atoms with E-state index in [4.69, 9.17) is 34.8 Å². The molecule has 0 aliphatic carbocycles. The van der Waals surface area contributed by atoms with Gasteiger partial charge in [0.1, 0.15) is 0 Å². The van der Waals surface area contributed by atoms with Gasteiger partial charge in [0.05, 0.1) is 15.4 Å². The summed E-state index contributed by atoms with van der Waals surface area (Å²) in [6, 6.07) is 5.62. The smallest absolute Gasteiger partial charge is 0.0595 e. The van der Waals surface area contributed by atoms with Crippen molar-refractivity contribution in [3.8, 4) is 0 Å². The van der Waals surface area contributed by atoms with E-state index in [2.05, 4.69) is 6.92 Å². The molecule has 1 aromatic carbocycles. The first kappa shape index (κ1) is 14.2. The van der Waals surface area contributed by atoms with Gasteiger partial charge in [-0.2, -0.15) is 0 Å². The molecule has 1 aromatic rings. The van der Waals surface area contributed by atoms with Crippen LogP contribution in [0.15, 0.2) is 18.2 Å². The topological polar surface area (TPSA) is 0 Å². The van der Waals surface area contributed by atoms with Crippen LogP contribution in [-0.4, -0.2) is 0 Å². The summed E-state index contributed by atoms with van der Waals surface area (Å²) in [6.07, 6.45) is 5.95. The number of alkyl halides is 1. The zero-order valence-electron chi connectivity index (χ0n) is 9.48. The highest BCUT2D eigenvalue weighted by atomic mass is 35.5. The third-order valence-corrected chi connectivity index (χ3v) is 3.83. The van der Waals surface area contributed by atoms with E-state index >= 15 is 0 Å². The molecule has 0 amide bonds. The second kappa shape index (κ2) is 7.42. The molecule has 0 radical (unpaired) electrons. The molecule has 0 aliphatic rings.